The maximum absolute atomic E-state index is 12.3. The van der Waals surface area contributed by atoms with Crippen LogP contribution in [-0.2, 0) is 0 Å². The molecule has 2 aromatic rings. The summed E-state index contributed by atoms with van der Waals surface area (Å²) in [6.45, 7) is 0. The standard InChI is InChI=1S/C14H12N2O4/c1-20-11-5-3-2-4-8(11)12(17)10-7-6-9(14(18)19)13(15)16-10/h2-7H,1H3,(H2,15,16)(H,18,19). The largest absolute Gasteiger partial charge is 0.496 e. The number of rotatable bonds is 4. The number of aromatic nitrogens is 1. The van der Waals surface area contributed by atoms with Gasteiger partial charge >= 0.3 is 5.97 Å². The molecule has 0 atom stereocenters. The number of ketones is 1. The number of pyridine rings is 1. The predicted molar refractivity (Wildman–Crippen MR) is 72.0 cm³/mol. The van der Waals surface area contributed by atoms with Crippen molar-refractivity contribution in [1.82, 2.24) is 4.98 Å². The van der Waals surface area contributed by atoms with Crippen molar-refractivity contribution in [2.45, 2.75) is 0 Å². The number of carboxylic acids is 1. The molecule has 0 saturated heterocycles. The lowest BCUT2D eigenvalue weighted by molar-refractivity contribution is 0.0697. The number of anilines is 1. The summed E-state index contributed by atoms with van der Waals surface area (Å²) >= 11 is 0. The minimum Gasteiger partial charge on any atom is -0.496 e. The summed E-state index contributed by atoms with van der Waals surface area (Å²) in [6.07, 6.45) is 0. The lowest BCUT2D eigenvalue weighted by atomic mass is 10.1. The van der Waals surface area contributed by atoms with E-state index in [1.165, 1.54) is 19.2 Å². The third kappa shape index (κ3) is 2.44. The van der Waals surface area contributed by atoms with Gasteiger partial charge in [0.2, 0.25) is 5.78 Å². The van der Waals surface area contributed by atoms with Crippen LogP contribution in [-0.4, -0.2) is 29.0 Å². The molecule has 0 aliphatic heterocycles. The number of hydrogen-bond donors (Lipinski definition) is 2. The van der Waals surface area contributed by atoms with Crippen LogP contribution < -0.4 is 10.5 Å². The Morgan fingerprint density at radius 1 is 1.15 bits per heavy atom. The molecular formula is C14H12N2O4. The number of nitrogens with zero attached hydrogens (tertiary/aromatic N) is 1. The number of aromatic carboxylic acids is 1. The van der Waals surface area contributed by atoms with Crippen molar-refractivity contribution in [3.8, 4) is 5.75 Å². The molecule has 1 aromatic carbocycles. The van der Waals surface area contributed by atoms with Crippen LogP contribution in [0.3, 0.4) is 0 Å². The number of carbonyl (C=O) groups is 2. The Hall–Kier alpha value is -2.89. The fraction of sp³-hybridized carbons (Fsp3) is 0.0714. The maximum Gasteiger partial charge on any atom is 0.339 e. The number of methoxy groups -OCH3 is 1. The molecule has 2 rings (SSSR count). The molecule has 6 nitrogen and oxygen atoms in total. The summed E-state index contributed by atoms with van der Waals surface area (Å²) in [5.41, 5.74) is 5.80. The van der Waals surface area contributed by atoms with Crippen molar-refractivity contribution in [1.29, 1.82) is 0 Å². The number of carboxylic acid groups (broad SMARTS) is 1. The van der Waals surface area contributed by atoms with Gasteiger partial charge in [0.15, 0.2) is 0 Å². The third-order valence-corrected chi connectivity index (χ3v) is 2.74. The molecule has 1 aromatic heterocycles. The number of ether oxygens (including phenoxy) is 1. The number of hydrogen-bond acceptors (Lipinski definition) is 5. The summed E-state index contributed by atoms with van der Waals surface area (Å²) < 4.78 is 5.11. The van der Waals surface area contributed by atoms with E-state index in [0.29, 0.717) is 11.3 Å². The van der Waals surface area contributed by atoms with Gasteiger partial charge in [0.25, 0.3) is 0 Å². The molecule has 20 heavy (non-hydrogen) atoms. The molecule has 0 unspecified atom stereocenters. The predicted octanol–water partition coefficient (Wildman–Crippen LogP) is 1.60. The van der Waals surface area contributed by atoms with E-state index in [-0.39, 0.29) is 22.9 Å². The first kappa shape index (κ1) is 13.5. The van der Waals surface area contributed by atoms with Crippen molar-refractivity contribution in [2.24, 2.45) is 0 Å². The zero-order valence-corrected chi connectivity index (χ0v) is 10.7. The fourth-order valence-corrected chi connectivity index (χ4v) is 1.75. The molecule has 102 valence electrons. The summed E-state index contributed by atoms with van der Waals surface area (Å²) in [7, 11) is 1.46. The van der Waals surface area contributed by atoms with Crippen molar-refractivity contribution in [2.75, 3.05) is 12.8 Å². The van der Waals surface area contributed by atoms with Crippen molar-refractivity contribution < 1.29 is 19.4 Å². The first-order valence-corrected chi connectivity index (χ1v) is 5.72. The van der Waals surface area contributed by atoms with Gasteiger partial charge in [0.05, 0.1) is 12.7 Å². The van der Waals surface area contributed by atoms with Gasteiger partial charge in [0, 0.05) is 0 Å². The molecule has 0 bridgehead atoms. The van der Waals surface area contributed by atoms with Crippen LogP contribution in [0.1, 0.15) is 26.4 Å². The number of benzene rings is 1. The van der Waals surface area contributed by atoms with E-state index in [1.54, 1.807) is 24.3 Å². The van der Waals surface area contributed by atoms with Gasteiger partial charge in [-0.15, -0.1) is 0 Å². The summed E-state index contributed by atoms with van der Waals surface area (Å²) in [5, 5.41) is 8.87. The van der Waals surface area contributed by atoms with E-state index in [2.05, 4.69) is 4.98 Å². The Bertz CT molecular complexity index is 683. The second-order valence-corrected chi connectivity index (χ2v) is 3.96. The molecule has 0 aliphatic rings. The topological polar surface area (TPSA) is 103 Å². The highest BCUT2D eigenvalue weighted by Gasteiger charge is 2.17. The van der Waals surface area contributed by atoms with Gasteiger partial charge in [-0.1, -0.05) is 12.1 Å². The van der Waals surface area contributed by atoms with Gasteiger partial charge in [-0.25, -0.2) is 9.78 Å². The molecule has 0 aliphatic carbocycles. The smallest absolute Gasteiger partial charge is 0.339 e. The summed E-state index contributed by atoms with van der Waals surface area (Å²) in [5.74, 6) is -1.35. The molecule has 0 spiro atoms. The molecule has 1 heterocycles. The van der Waals surface area contributed by atoms with E-state index < -0.39 is 5.97 Å². The Balaban J connectivity index is 2.44. The van der Waals surface area contributed by atoms with Crippen LogP contribution in [0.15, 0.2) is 36.4 Å². The second kappa shape index (κ2) is 5.40. The van der Waals surface area contributed by atoms with E-state index in [1.807, 2.05) is 0 Å². The molecule has 0 fully saturated rings. The lowest BCUT2D eigenvalue weighted by Crippen LogP contribution is -2.11. The quantitative estimate of drug-likeness (QED) is 0.819. The molecule has 3 N–H and O–H groups in total. The van der Waals surface area contributed by atoms with Crippen LogP contribution >= 0.6 is 0 Å². The zero-order chi connectivity index (χ0) is 14.7. The Kier molecular flexibility index (Phi) is 3.65. The number of nitrogen functional groups attached to an aromatic ring is 1. The summed E-state index contributed by atoms with van der Waals surface area (Å²) in [6, 6.07) is 9.28. The molecule has 0 saturated carbocycles. The minimum atomic E-state index is -1.19. The highest BCUT2D eigenvalue weighted by atomic mass is 16.5. The van der Waals surface area contributed by atoms with Crippen LogP contribution in [0.4, 0.5) is 5.82 Å². The first-order valence-electron chi connectivity index (χ1n) is 5.72. The number of nitrogens with two attached hydrogens (primary N) is 1. The monoisotopic (exact) mass is 272 g/mol. The average molecular weight is 272 g/mol. The summed E-state index contributed by atoms with van der Waals surface area (Å²) in [4.78, 5) is 27.0. The van der Waals surface area contributed by atoms with Gasteiger partial charge < -0.3 is 15.6 Å². The molecule has 0 radical (unpaired) electrons. The normalized spacial score (nSPS) is 10.1. The van der Waals surface area contributed by atoms with Crippen molar-refractivity contribution >= 4 is 17.6 Å². The maximum atomic E-state index is 12.3. The van der Waals surface area contributed by atoms with Crippen LogP contribution in [0.2, 0.25) is 0 Å². The second-order valence-electron chi connectivity index (χ2n) is 3.96. The molecule has 6 heteroatoms. The van der Waals surface area contributed by atoms with E-state index >= 15 is 0 Å². The van der Waals surface area contributed by atoms with Gasteiger partial charge in [0.1, 0.15) is 22.8 Å². The van der Waals surface area contributed by atoms with E-state index in [0.717, 1.165) is 0 Å². The highest BCUT2D eigenvalue weighted by molar-refractivity contribution is 6.10. The zero-order valence-electron chi connectivity index (χ0n) is 10.7. The Morgan fingerprint density at radius 2 is 1.85 bits per heavy atom. The Morgan fingerprint density at radius 3 is 2.45 bits per heavy atom. The van der Waals surface area contributed by atoms with Crippen LogP contribution in [0.25, 0.3) is 0 Å². The molecular weight excluding hydrogens is 260 g/mol. The van der Waals surface area contributed by atoms with Crippen molar-refractivity contribution in [3.63, 3.8) is 0 Å². The third-order valence-electron chi connectivity index (χ3n) is 2.74. The van der Waals surface area contributed by atoms with Crippen LogP contribution in [0, 0.1) is 0 Å². The Labute approximate surface area is 114 Å². The SMILES string of the molecule is COc1ccccc1C(=O)c1ccc(C(=O)O)c(N)n1. The molecule has 0 amide bonds. The fourth-order valence-electron chi connectivity index (χ4n) is 1.75. The van der Waals surface area contributed by atoms with E-state index in [9.17, 15) is 9.59 Å². The van der Waals surface area contributed by atoms with Gasteiger partial charge in [-0.3, -0.25) is 4.79 Å². The number of carbonyl (C=O) groups excluding carboxylic acids is 1. The van der Waals surface area contributed by atoms with Crippen molar-refractivity contribution in [3.05, 3.63) is 53.2 Å². The van der Waals surface area contributed by atoms with E-state index in [4.69, 9.17) is 15.6 Å². The van der Waals surface area contributed by atoms with Crippen LogP contribution in [0.5, 0.6) is 5.75 Å². The van der Waals surface area contributed by atoms with Gasteiger partial charge in [-0.05, 0) is 24.3 Å². The number of para-hydroxylation sites is 1. The minimum absolute atomic E-state index is 0.0667. The first-order chi connectivity index (χ1) is 9.54. The van der Waals surface area contributed by atoms with Gasteiger partial charge in [-0.2, -0.15) is 0 Å². The highest BCUT2D eigenvalue weighted by Crippen LogP contribution is 2.21. The average Bonchev–Trinajstić information content (AvgIpc) is 2.45. The lowest BCUT2D eigenvalue weighted by Gasteiger charge is -2.07.